The van der Waals surface area contributed by atoms with Crippen LogP contribution in [-0.4, -0.2) is 48.7 Å². The summed E-state index contributed by atoms with van der Waals surface area (Å²) in [5.41, 5.74) is 12.0. The van der Waals surface area contributed by atoms with E-state index in [1.807, 2.05) is 0 Å². The maximum absolute atomic E-state index is 12.2. The first-order valence-corrected chi connectivity index (χ1v) is 24.1. The smallest absolute Gasteiger partial charge is 0.323 e. The Labute approximate surface area is 319 Å². The summed E-state index contributed by atoms with van der Waals surface area (Å²) in [4.78, 5) is 24.4. The second-order valence-electron chi connectivity index (χ2n) is 14.7. The number of hydrogen-bond donors (Lipinski definition) is 2. The third-order valence-corrected chi connectivity index (χ3v) is 12.1. The Balaban J connectivity index is 3.45. The Hall–Kier alpha value is -0.440. The monoisotopic (exact) mass is 745 g/mol. The van der Waals surface area contributed by atoms with E-state index in [2.05, 4.69) is 13.8 Å². The highest BCUT2D eigenvalue weighted by atomic mass is 33.1. The van der Waals surface area contributed by atoms with Crippen molar-refractivity contribution in [3.8, 4) is 0 Å². The third kappa shape index (κ3) is 37.3. The van der Waals surface area contributed by atoms with Gasteiger partial charge in [-0.05, 0) is 12.8 Å². The first-order valence-electron chi connectivity index (χ1n) is 21.6. The quantitative estimate of drug-likeness (QED) is 0.0362. The van der Waals surface area contributed by atoms with Gasteiger partial charge >= 0.3 is 11.9 Å². The molecular weight excluding hydrogens is 661 g/mol. The van der Waals surface area contributed by atoms with Gasteiger partial charge in [0.05, 0.1) is 13.2 Å². The first kappa shape index (κ1) is 49.6. The van der Waals surface area contributed by atoms with Crippen molar-refractivity contribution in [2.75, 3.05) is 24.7 Å². The molecule has 0 aromatic rings. The summed E-state index contributed by atoms with van der Waals surface area (Å²) < 4.78 is 10.8. The molecule has 0 aliphatic rings. The summed E-state index contributed by atoms with van der Waals surface area (Å²) in [7, 11) is 2.91. The molecular formula is C42H84N2O4S2. The summed E-state index contributed by atoms with van der Waals surface area (Å²) >= 11 is 0. The zero-order valence-electron chi connectivity index (χ0n) is 33.2. The van der Waals surface area contributed by atoms with E-state index < -0.39 is 12.1 Å². The SMILES string of the molecule is CCCCCCCCCCCCCCCCCCOC(=O)[C@@H](N)CSSC[C@H](N)C(=O)OCCCCCCCCCCCCCCCCCC. The first-order chi connectivity index (χ1) is 24.5. The van der Waals surface area contributed by atoms with E-state index in [-0.39, 0.29) is 11.9 Å². The van der Waals surface area contributed by atoms with E-state index >= 15 is 0 Å². The Morgan fingerprint density at radius 1 is 0.380 bits per heavy atom. The number of rotatable bonds is 41. The van der Waals surface area contributed by atoms with Gasteiger partial charge in [0.2, 0.25) is 0 Å². The minimum absolute atomic E-state index is 0.346. The highest BCUT2D eigenvalue weighted by molar-refractivity contribution is 8.76. The fourth-order valence-electron chi connectivity index (χ4n) is 6.24. The lowest BCUT2D eigenvalue weighted by molar-refractivity contribution is -0.145. The van der Waals surface area contributed by atoms with Gasteiger partial charge in [-0.25, -0.2) is 0 Å². The number of ether oxygens (including phenoxy) is 2. The highest BCUT2D eigenvalue weighted by Crippen LogP contribution is 2.23. The van der Waals surface area contributed by atoms with Crippen LogP contribution in [0.15, 0.2) is 0 Å². The molecule has 0 bridgehead atoms. The molecule has 0 rings (SSSR count). The summed E-state index contributed by atoms with van der Waals surface area (Å²) in [6.07, 6.45) is 42.3. The maximum Gasteiger partial charge on any atom is 0.323 e. The highest BCUT2D eigenvalue weighted by Gasteiger charge is 2.18. The lowest BCUT2D eigenvalue weighted by Crippen LogP contribution is -2.35. The van der Waals surface area contributed by atoms with Gasteiger partial charge < -0.3 is 20.9 Å². The predicted octanol–water partition coefficient (Wildman–Crippen LogP) is 12.6. The van der Waals surface area contributed by atoms with Gasteiger partial charge in [0.15, 0.2) is 0 Å². The second kappa shape index (κ2) is 41.3. The molecule has 0 aliphatic carbocycles. The van der Waals surface area contributed by atoms with Crippen molar-refractivity contribution in [2.24, 2.45) is 11.5 Å². The lowest BCUT2D eigenvalue weighted by Gasteiger charge is -2.13. The summed E-state index contributed by atoms with van der Waals surface area (Å²) in [6, 6.07) is -1.32. The fourth-order valence-corrected chi connectivity index (χ4v) is 8.45. The van der Waals surface area contributed by atoms with Gasteiger partial charge in [0.25, 0.3) is 0 Å². The molecule has 2 atom stereocenters. The van der Waals surface area contributed by atoms with Crippen LogP contribution in [0.3, 0.4) is 0 Å². The number of unbranched alkanes of at least 4 members (excludes halogenated alkanes) is 30. The van der Waals surface area contributed by atoms with Gasteiger partial charge in [0, 0.05) is 11.5 Å². The van der Waals surface area contributed by atoms with E-state index in [4.69, 9.17) is 20.9 Å². The molecule has 0 aliphatic heterocycles. The van der Waals surface area contributed by atoms with E-state index in [0.717, 1.165) is 25.7 Å². The van der Waals surface area contributed by atoms with Crippen molar-refractivity contribution in [3.05, 3.63) is 0 Å². The molecule has 298 valence electrons. The van der Waals surface area contributed by atoms with E-state index in [1.165, 1.54) is 201 Å². The fraction of sp³-hybridized carbons (Fsp3) is 0.952. The van der Waals surface area contributed by atoms with E-state index in [1.54, 1.807) is 0 Å². The van der Waals surface area contributed by atoms with Crippen LogP contribution < -0.4 is 11.5 Å². The number of hydrogen-bond acceptors (Lipinski definition) is 8. The molecule has 0 heterocycles. The zero-order chi connectivity index (χ0) is 36.6. The Morgan fingerprint density at radius 3 is 0.800 bits per heavy atom. The minimum atomic E-state index is -0.661. The van der Waals surface area contributed by atoms with Crippen LogP contribution in [0, 0.1) is 0 Å². The van der Waals surface area contributed by atoms with Crippen LogP contribution in [0.2, 0.25) is 0 Å². The molecule has 0 saturated heterocycles. The van der Waals surface area contributed by atoms with Crippen LogP contribution in [0.25, 0.3) is 0 Å². The topological polar surface area (TPSA) is 105 Å². The minimum Gasteiger partial charge on any atom is -0.465 e. The van der Waals surface area contributed by atoms with Crippen molar-refractivity contribution in [3.63, 3.8) is 0 Å². The maximum atomic E-state index is 12.2. The van der Waals surface area contributed by atoms with Gasteiger partial charge in [0.1, 0.15) is 12.1 Å². The van der Waals surface area contributed by atoms with Gasteiger partial charge in [-0.3, -0.25) is 9.59 Å². The van der Waals surface area contributed by atoms with Crippen LogP contribution in [0.1, 0.15) is 219 Å². The van der Waals surface area contributed by atoms with Gasteiger partial charge in [-0.1, -0.05) is 228 Å². The second-order valence-corrected chi connectivity index (χ2v) is 17.3. The Morgan fingerprint density at radius 2 is 0.580 bits per heavy atom. The molecule has 4 N–H and O–H groups in total. The summed E-state index contributed by atoms with van der Waals surface area (Å²) in [5, 5.41) is 0. The van der Waals surface area contributed by atoms with Crippen LogP contribution in [0.5, 0.6) is 0 Å². The van der Waals surface area contributed by atoms with Gasteiger partial charge in [-0.2, -0.15) is 0 Å². The predicted molar refractivity (Wildman–Crippen MR) is 222 cm³/mol. The molecule has 0 saturated carbocycles. The Kier molecular flexibility index (Phi) is 41.0. The van der Waals surface area contributed by atoms with Crippen LogP contribution in [0.4, 0.5) is 0 Å². The largest absolute Gasteiger partial charge is 0.465 e. The van der Waals surface area contributed by atoms with Gasteiger partial charge in [-0.15, -0.1) is 0 Å². The molecule has 0 aromatic heterocycles. The van der Waals surface area contributed by atoms with E-state index in [0.29, 0.717) is 24.7 Å². The molecule has 0 amide bonds. The number of nitrogens with two attached hydrogens (primary N) is 2. The molecule has 0 radical (unpaired) electrons. The standard InChI is InChI=1S/C42H84N2O4S2/c1-3-5-7-9-11-13-15-17-19-21-23-25-27-29-31-33-35-47-41(45)39(43)37-49-50-38-40(44)42(46)48-36-34-32-30-28-26-24-22-20-18-16-14-12-10-8-6-4-2/h39-40H,3-38,43-44H2,1-2H3/t39-,40-/m0/s1. The molecule has 0 spiro atoms. The van der Waals surface area contributed by atoms with Crippen molar-refractivity contribution in [2.45, 2.75) is 231 Å². The molecule has 50 heavy (non-hydrogen) atoms. The van der Waals surface area contributed by atoms with Crippen LogP contribution in [-0.2, 0) is 19.1 Å². The molecule has 0 aromatic carbocycles. The Bertz CT molecular complexity index is 657. The summed E-state index contributed by atoms with van der Waals surface area (Å²) in [6.45, 7) is 5.44. The number of carbonyl (C=O) groups excluding carboxylic acids is 2. The van der Waals surface area contributed by atoms with Crippen molar-refractivity contribution in [1.82, 2.24) is 0 Å². The molecule has 0 fully saturated rings. The van der Waals surface area contributed by atoms with Crippen molar-refractivity contribution in [1.29, 1.82) is 0 Å². The van der Waals surface area contributed by atoms with Crippen LogP contribution >= 0.6 is 21.6 Å². The zero-order valence-corrected chi connectivity index (χ0v) is 34.8. The number of carbonyl (C=O) groups is 2. The van der Waals surface area contributed by atoms with E-state index in [9.17, 15) is 9.59 Å². The third-order valence-electron chi connectivity index (χ3n) is 9.67. The molecule has 8 heteroatoms. The van der Waals surface area contributed by atoms with Crippen molar-refractivity contribution < 1.29 is 19.1 Å². The average Bonchev–Trinajstić information content (AvgIpc) is 3.12. The normalized spacial score (nSPS) is 12.6. The molecule has 6 nitrogen and oxygen atoms in total. The summed E-state index contributed by atoms with van der Waals surface area (Å²) in [5.74, 6) is 0.176. The molecule has 0 unspecified atom stereocenters. The lowest BCUT2D eigenvalue weighted by atomic mass is 10.0. The van der Waals surface area contributed by atoms with Crippen molar-refractivity contribution >= 4 is 33.5 Å². The average molecular weight is 745 g/mol. The number of esters is 2.